The highest BCUT2D eigenvalue weighted by Gasteiger charge is 2.27. The first kappa shape index (κ1) is 18.0. The van der Waals surface area contributed by atoms with Gasteiger partial charge >= 0.3 is 0 Å². The van der Waals surface area contributed by atoms with E-state index in [2.05, 4.69) is 27.4 Å². The fraction of sp³-hybridized carbons (Fsp3) is 0.588. The van der Waals surface area contributed by atoms with Crippen LogP contribution in [0.3, 0.4) is 0 Å². The summed E-state index contributed by atoms with van der Waals surface area (Å²) >= 11 is 6.30. The van der Waals surface area contributed by atoms with Gasteiger partial charge in [0, 0.05) is 30.7 Å². The molecule has 1 aromatic rings. The Bertz CT molecular complexity index is 509. The van der Waals surface area contributed by atoms with Gasteiger partial charge in [0.25, 0.3) is 0 Å². The summed E-state index contributed by atoms with van der Waals surface area (Å²) in [6.45, 7) is 5.47. The molecule has 6 heteroatoms. The van der Waals surface area contributed by atoms with Crippen molar-refractivity contribution in [1.82, 2.24) is 15.5 Å². The molecule has 128 valence electrons. The van der Waals surface area contributed by atoms with E-state index in [4.69, 9.17) is 11.6 Å². The van der Waals surface area contributed by atoms with Crippen LogP contribution in [0.25, 0.3) is 0 Å². The van der Waals surface area contributed by atoms with Crippen LogP contribution in [-0.4, -0.2) is 44.1 Å². The molecule has 4 nitrogen and oxygen atoms in total. The summed E-state index contributed by atoms with van der Waals surface area (Å²) in [7, 11) is 1.74. The minimum absolute atomic E-state index is 0.0913. The molecular weight excluding hydrogens is 315 g/mol. The molecule has 0 radical (unpaired) electrons. The highest BCUT2D eigenvalue weighted by molar-refractivity contribution is 6.31. The second-order valence-electron chi connectivity index (χ2n) is 5.77. The van der Waals surface area contributed by atoms with E-state index in [0.29, 0.717) is 17.1 Å². The Labute approximate surface area is 143 Å². The van der Waals surface area contributed by atoms with Crippen molar-refractivity contribution < 1.29 is 4.39 Å². The Balaban J connectivity index is 2.15. The van der Waals surface area contributed by atoms with Crippen molar-refractivity contribution in [3.8, 4) is 0 Å². The summed E-state index contributed by atoms with van der Waals surface area (Å²) in [5.74, 6) is 0.496. The third-order valence-electron chi connectivity index (χ3n) is 4.14. The zero-order valence-electron chi connectivity index (χ0n) is 13.9. The summed E-state index contributed by atoms with van der Waals surface area (Å²) in [4.78, 5) is 6.51. The van der Waals surface area contributed by atoms with Crippen molar-refractivity contribution in [2.45, 2.75) is 32.2 Å². The van der Waals surface area contributed by atoms with E-state index in [9.17, 15) is 4.39 Å². The van der Waals surface area contributed by atoms with Crippen molar-refractivity contribution in [2.24, 2.45) is 4.99 Å². The van der Waals surface area contributed by atoms with Crippen LogP contribution < -0.4 is 10.6 Å². The molecule has 0 spiro atoms. The number of aliphatic imine (C=N–C) groups is 1. The Morgan fingerprint density at radius 2 is 2.09 bits per heavy atom. The van der Waals surface area contributed by atoms with E-state index in [1.807, 2.05) is 0 Å². The van der Waals surface area contributed by atoms with Crippen LogP contribution in [-0.2, 0) is 0 Å². The van der Waals surface area contributed by atoms with E-state index in [1.165, 1.54) is 6.07 Å². The van der Waals surface area contributed by atoms with Gasteiger partial charge in [-0.05, 0) is 44.5 Å². The summed E-state index contributed by atoms with van der Waals surface area (Å²) in [5.41, 5.74) is 0.578. The smallest absolute Gasteiger partial charge is 0.191 e. The Kier molecular flexibility index (Phi) is 7.12. The molecular formula is C17H26ClFN4. The number of likely N-dealkylation sites (tertiary alicyclic amines) is 1. The number of guanidine groups is 1. The maximum Gasteiger partial charge on any atom is 0.191 e. The van der Waals surface area contributed by atoms with E-state index >= 15 is 0 Å². The lowest BCUT2D eigenvalue weighted by Gasteiger charge is -2.29. The van der Waals surface area contributed by atoms with Crippen LogP contribution in [0.2, 0.25) is 5.02 Å². The third-order valence-corrected chi connectivity index (χ3v) is 4.47. The van der Waals surface area contributed by atoms with Crippen LogP contribution >= 0.6 is 11.6 Å². The van der Waals surface area contributed by atoms with E-state index in [0.717, 1.165) is 44.9 Å². The van der Waals surface area contributed by atoms with Gasteiger partial charge in [-0.25, -0.2) is 4.39 Å². The second kappa shape index (κ2) is 9.08. The van der Waals surface area contributed by atoms with E-state index in [-0.39, 0.29) is 11.9 Å². The van der Waals surface area contributed by atoms with E-state index in [1.54, 1.807) is 19.2 Å². The SMILES string of the molecule is CCCNC(=NC)NCC(c1c(F)cccc1Cl)N1CCCC1. The summed E-state index contributed by atoms with van der Waals surface area (Å²) in [5, 5.41) is 7.03. The molecule has 1 saturated heterocycles. The molecule has 2 N–H and O–H groups in total. The normalized spacial score (nSPS) is 17.3. The van der Waals surface area contributed by atoms with Crippen LogP contribution in [0, 0.1) is 5.82 Å². The number of hydrogen-bond donors (Lipinski definition) is 2. The molecule has 0 aliphatic carbocycles. The highest BCUT2D eigenvalue weighted by Crippen LogP contribution is 2.31. The van der Waals surface area contributed by atoms with Gasteiger partial charge in [0.2, 0.25) is 0 Å². The van der Waals surface area contributed by atoms with Crippen LogP contribution in [0.15, 0.2) is 23.2 Å². The van der Waals surface area contributed by atoms with E-state index < -0.39 is 0 Å². The summed E-state index contributed by atoms with van der Waals surface area (Å²) in [6, 6.07) is 4.80. The van der Waals surface area contributed by atoms with Gasteiger partial charge in [0.15, 0.2) is 5.96 Å². The van der Waals surface area contributed by atoms with Gasteiger partial charge in [0.05, 0.1) is 6.04 Å². The van der Waals surface area contributed by atoms with Gasteiger partial charge in [-0.1, -0.05) is 24.6 Å². The Hall–Kier alpha value is -1.33. The predicted molar refractivity (Wildman–Crippen MR) is 94.6 cm³/mol. The number of nitrogens with zero attached hydrogens (tertiary/aromatic N) is 2. The molecule has 1 aliphatic rings. The molecule has 0 amide bonds. The largest absolute Gasteiger partial charge is 0.356 e. The standard InChI is InChI=1S/C17H26ClFN4/c1-3-9-21-17(20-2)22-12-15(23-10-4-5-11-23)16-13(18)7-6-8-14(16)19/h6-8,15H,3-5,9-12H2,1-2H3,(H2,20,21,22). The molecule has 1 unspecified atom stereocenters. The number of rotatable bonds is 6. The van der Waals surface area contributed by atoms with Crippen molar-refractivity contribution in [2.75, 3.05) is 33.2 Å². The molecule has 1 fully saturated rings. The first-order valence-electron chi connectivity index (χ1n) is 8.29. The molecule has 1 heterocycles. The lowest BCUT2D eigenvalue weighted by atomic mass is 10.0. The molecule has 2 rings (SSSR count). The monoisotopic (exact) mass is 340 g/mol. The van der Waals surface area contributed by atoms with Gasteiger partial charge in [-0.2, -0.15) is 0 Å². The van der Waals surface area contributed by atoms with Crippen molar-refractivity contribution in [3.05, 3.63) is 34.6 Å². The maximum atomic E-state index is 14.4. The predicted octanol–water partition coefficient (Wildman–Crippen LogP) is 3.19. The van der Waals surface area contributed by atoms with Crippen molar-refractivity contribution in [3.63, 3.8) is 0 Å². The first-order valence-corrected chi connectivity index (χ1v) is 8.67. The molecule has 1 atom stereocenters. The number of hydrogen-bond acceptors (Lipinski definition) is 2. The number of nitrogens with one attached hydrogen (secondary N) is 2. The maximum absolute atomic E-state index is 14.4. The van der Waals surface area contributed by atoms with Crippen LogP contribution in [0.4, 0.5) is 4.39 Å². The van der Waals surface area contributed by atoms with Gasteiger partial charge in [-0.15, -0.1) is 0 Å². The second-order valence-corrected chi connectivity index (χ2v) is 6.18. The number of halogens is 2. The van der Waals surface area contributed by atoms with Gasteiger partial charge in [0.1, 0.15) is 5.82 Å². The number of benzene rings is 1. The lowest BCUT2D eigenvalue weighted by molar-refractivity contribution is 0.240. The minimum Gasteiger partial charge on any atom is -0.356 e. The Morgan fingerprint density at radius 3 is 2.70 bits per heavy atom. The quantitative estimate of drug-likeness (QED) is 0.617. The Morgan fingerprint density at radius 1 is 1.35 bits per heavy atom. The third kappa shape index (κ3) is 4.82. The topological polar surface area (TPSA) is 39.7 Å². The van der Waals surface area contributed by atoms with Crippen LogP contribution in [0.5, 0.6) is 0 Å². The molecule has 0 bridgehead atoms. The zero-order valence-corrected chi connectivity index (χ0v) is 14.7. The first-order chi connectivity index (χ1) is 11.2. The molecule has 23 heavy (non-hydrogen) atoms. The fourth-order valence-electron chi connectivity index (χ4n) is 2.95. The summed E-state index contributed by atoms with van der Waals surface area (Å²) in [6.07, 6.45) is 3.31. The zero-order chi connectivity index (χ0) is 16.7. The van der Waals surface area contributed by atoms with Gasteiger partial charge in [-0.3, -0.25) is 9.89 Å². The minimum atomic E-state index is -0.243. The summed E-state index contributed by atoms with van der Waals surface area (Å²) < 4.78 is 14.4. The molecule has 1 aliphatic heterocycles. The fourth-order valence-corrected chi connectivity index (χ4v) is 3.24. The average Bonchev–Trinajstić information content (AvgIpc) is 3.07. The van der Waals surface area contributed by atoms with Crippen molar-refractivity contribution in [1.29, 1.82) is 0 Å². The molecule has 0 saturated carbocycles. The molecule has 0 aromatic heterocycles. The van der Waals surface area contributed by atoms with Crippen LogP contribution in [0.1, 0.15) is 37.8 Å². The molecule has 1 aromatic carbocycles. The van der Waals surface area contributed by atoms with Gasteiger partial charge < -0.3 is 10.6 Å². The lowest BCUT2D eigenvalue weighted by Crippen LogP contribution is -2.43. The average molecular weight is 341 g/mol. The highest BCUT2D eigenvalue weighted by atomic mass is 35.5. The van der Waals surface area contributed by atoms with Crippen molar-refractivity contribution >= 4 is 17.6 Å².